The zero-order chi connectivity index (χ0) is 33.6. The van der Waals surface area contributed by atoms with Crippen molar-refractivity contribution in [2.24, 2.45) is 0 Å². The van der Waals surface area contributed by atoms with E-state index in [2.05, 4.69) is 41.0 Å². The van der Waals surface area contributed by atoms with Crippen LogP contribution in [0.25, 0.3) is 44.1 Å². The molecule has 9 N–H and O–H groups in total. The molecule has 0 bridgehead atoms. The van der Waals surface area contributed by atoms with Crippen molar-refractivity contribution in [3.63, 3.8) is 0 Å². The molecule has 0 aliphatic carbocycles. The molecule has 14 nitrogen and oxygen atoms in total. The zero-order valence-corrected chi connectivity index (χ0v) is 25.7. The molecule has 7 aromatic rings. The molecule has 7 rings (SSSR count). The summed E-state index contributed by atoms with van der Waals surface area (Å²) in [6.07, 6.45) is 2.22. The highest BCUT2D eigenvalue weighted by Gasteiger charge is 2.14. The Labute approximate surface area is 273 Å². The van der Waals surface area contributed by atoms with Crippen LogP contribution in [0.3, 0.4) is 0 Å². The lowest BCUT2D eigenvalue weighted by molar-refractivity contribution is 0.202. The standard InChI is InChI=1S/C19H16N6O.C15H15N5O2/c20-18-15-10-12(6-7-16(15)24-25-18)13-8-9-21-17(11-13)23-19(26)22-14-4-2-1-3-5-14;1-2-20(15(21)22)13-8-10(5-6-17-13)9-3-4-12-11(7-9)14(16)19-18-12/h1-11H,(H3,20,24,25)(H2,21,22,23,26);3-8H,2H2,1H3,(H,21,22)(H3,16,18,19). The molecular weight excluding hydrogens is 610 g/mol. The Morgan fingerprint density at radius 2 is 1.29 bits per heavy atom. The summed E-state index contributed by atoms with van der Waals surface area (Å²) >= 11 is 0. The van der Waals surface area contributed by atoms with E-state index >= 15 is 0 Å². The maximum Gasteiger partial charge on any atom is 0.412 e. The lowest BCUT2D eigenvalue weighted by atomic mass is 10.0. The van der Waals surface area contributed by atoms with Crippen molar-refractivity contribution in [3.05, 3.63) is 103 Å². The number of fused-ring (bicyclic) bond motifs is 2. The first-order chi connectivity index (χ1) is 23.3. The van der Waals surface area contributed by atoms with Gasteiger partial charge in [-0.25, -0.2) is 19.6 Å². The molecule has 3 aromatic carbocycles. The van der Waals surface area contributed by atoms with E-state index in [1.807, 2.05) is 84.9 Å². The molecule has 0 saturated heterocycles. The van der Waals surface area contributed by atoms with Gasteiger partial charge in [-0.05, 0) is 89.8 Å². The summed E-state index contributed by atoms with van der Waals surface area (Å²) in [6, 6.07) is 27.7. The van der Waals surface area contributed by atoms with Gasteiger partial charge in [-0.2, -0.15) is 10.2 Å². The number of H-pyrrole nitrogens is 2. The second-order valence-electron chi connectivity index (χ2n) is 10.5. The van der Waals surface area contributed by atoms with Crippen LogP contribution >= 0.6 is 0 Å². The molecule has 240 valence electrons. The zero-order valence-electron chi connectivity index (χ0n) is 25.7. The first-order valence-electron chi connectivity index (χ1n) is 14.8. The number of amides is 3. The number of para-hydroxylation sites is 1. The minimum absolute atomic E-state index is 0.333. The third-order valence-electron chi connectivity index (χ3n) is 7.45. The number of benzene rings is 3. The number of rotatable bonds is 6. The van der Waals surface area contributed by atoms with Crippen molar-refractivity contribution in [1.82, 2.24) is 30.4 Å². The van der Waals surface area contributed by atoms with E-state index in [9.17, 15) is 14.7 Å². The fraction of sp³-hybridized carbons (Fsp3) is 0.0588. The Morgan fingerprint density at radius 1 is 0.729 bits per heavy atom. The number of nitrogen functional groups attached to an aromatic ring is 2. The number of nitrogens with one attached hydrogen (secondary N) is 4. The van der Waals surface area contributed by atoms with E-state index in [1.165, 1.54) is 4.90 Å². The molecule has 0 radical (unpaired) electrons. The van der Waals surface area contributed by atoms with E-state index in [0.717, 1.165) is 44.1 Å². The quantitative estimate of drug-likeness (QED) is 0.104. The number of hydrogen-bond acceptors (Lipinski definition) is 8. The third kappa shape index (κ3) is 6.82. The topological polar surface area (TPSA) is 217 Å². The summed E-state index contributed by atoms with van der Waals surface area (Å²) in [5, 5.41) is 30.1. The highest BCUT2D eigenvalue weighted by molar-refractivity contribution is 5.99. The lowest BCUT2D eigenvalue weighted by Crippen LogP contribution is -2.29. The number of carbonyl (C=O) groups excluding carboxylic acids is 1. The molecule has 0 unspecified atom stereocenters. The van der Waals surface area contributed by atoms with Gasteiger partial charge in [-0.3, -0.25) is 20.4 Å². The maximum atomic E-state index is 12.1. The van der Waals surface area contributed by atoms with E-state index in [1.54, 1.807) is 25.4 Å². The Hall–Kier alpha value is -6.96. The highest BCUT2D eigenvalue weighted by atomic mass is 16.4. The van der Waals surface area contributed by atoms with Gasteiger partial charge in [0.05, 0.1) is 11.0 Å². The second kappa shape index (κ2) is 13.6. The van der Waals surface area contributed by atoms with Crippen LogP contribution in [0.1, 0.15) is 6.92 Å². The Bertz CT molecular complexity index is 2230. The van der Waals surface area contributed by atoms with Crippen LogP contribution < -0.4 is 27.0 Å². The highest BCUT2D eigenvalue weighted by Crippen LogP contribution is 2.29. The Balaban J connectivity index is 0.000000170. The molecule has 0 saturated carbocycles. The molecular formula is C34H31N11O3. The van der Waals surface area contributed by atoms with Crippen LogP contribution in [0.4, 0.5) is 38.5 Å². The lowest BCUT2D eigenvalue weighted by Gasteiger charge is -2.16. The van der Waals surface area contributed by atoms with E-state index in [-0.39, 0.29) is 6.03 Å². The van der Waals surface area contributed by atoms with Crippen molar-refractivity contribution < 1.29 is 14.7 Å². The number of aromatic amines is 2. The van der Waals surface area contributed by atoms with Crippen molar-refractivity contribution in [3.8, 4) is 22.3 Å². The summed E-state index contributed by atoms with van der Waals surface area (Å²) < 4.78 is 0. The molecule has 0 atom stereocenters. The van der Waals surface area contributed by atoms with Gasteiger partial charge in [-0.1, -0.05) is 30.3 Å². The average Bonchev–Trinajstić information content (AvgIpc) is 3.66. The number of anilines is 5. The number of nitrogens with zero attached hydrogens (tertiary/aromatic N) is 5. The van der Waals surface area contributed by atoms with Gasteiger partial charge in [0.25, 0.3) is 0 Å². The first-order valence-corrected chi connectivity index (χ1v) is 14.8. The molecule has 48 heavy (non-hydrogen) atoms. The van der Waals surface area contributed by atoms with Crippen molar-refractivity contribution in [2.45, 2.75) is 6.92 Å². The van der Waals surface area contributed by atoms with E-state index in [0.29, 0.717) is 35.5 Å². The normalized spacial score (nSPS) is 10.7. The predicted octanol–water partition coefficient (Wildman–Crippen LogP) is 6.56. The van der Waals surface area contributed by atoms with Gasteiger partial charge in [0.2, 0.25) is 0 Å². The summed E-state index contributed by atoms with van der Waals surface area (Å²) in [4.78, 5) is 32.9. The summed E-state index contributed by atoms with van der Waals surface area (Å²) in [5.41, 5.74) is 17.8. The molecule has 0 fully saturated rings. The van der Waals surface area contributed by atoms with Crippen molar-refractivity contribution in [2.75, 3.05) is 33.5 Å². The average molecular weight is 642 g/mol. The fourth-order valence-electron chi connectivity index (χ4n) is 5.05. The van der Waals surface area contributed by atoms with Gasteiger partial charge in [0.1, 0.15) is 11.6 Å². The van der Waals surface area contributed by atoms with Crippen LogP contribution in [-0.4, -0.2) is 54.1 Å². The van der Waals surface area contributed by atoms with Crippen LogP contribution in [0.5, 0.6) is 0 Å². The number of carbonyl (C=O) groups is 2. The number of nitrogens with two attached hydrogens (primary N) is 2. The molecule has 0 aliphatic rings. The first kappa shape index (κ1) is 31.0. The summed E-state index contributed by atoms with van der Waals surface area (Å²) in [7, 11) is 0. The minimum atomic E-state index is -1.03. The monoisotopic (exact) mass is 641 g/mol. The Morgan fingerprint density at radius 3 is 1.88 bits per heavy atom. The van der Waals surface area contributed by atoms with Gasteiger partial charge in [0, 0.05) is 35.4 Å². The molecule has 4 heterocycles. The van der Waals surface area contributed by atoms with Gasteiger partial charge < -0.3 is 21.9 Å². The van der Waals surface area contributed by atoms with Crippen LogP contribution in [0, 0.1) is 0 Å². The van der Waals surface area contributed by atoms with Crippen LogP contribution in [0.2, 0.25) is 0 Å². The maximum absolute atomic E-state index is 12.1. The van der Waals surface area contributed by atoms with Crippen molar-refractivity contribution in [1.29, 1.82) is 0 Å². The molecule has 14 heteroatoms. The van der Waals surface area contributed by atoms with E-state index < -0.39 is 6.09 Å². The third-order valence-corrected chi connectivity index (χ3v) is 7.45. The minimum Gasteiger partial charge on any atom is -0.465 e. The smallest absolute Gasteiger partial charge is 0.412 e. The number of urea groups is 1. The number of carboxylic acid groups (broad SMARTS) is 1. The molecule has 3 amide bonds. The SMILES string of the molecule is CCN(C(=O)O)c1cc(-c2ccc3[nH]nc(N)c3c2)ccn1.Nc1n[nH]c2ccc(-c3ccnc(NC(=O)Nc4ccccc4)c3)cc12. The Kier molecular flexibility index (Phi) is 8.78. The van der Waals surface area contributed by atoms with E-state index in [4.69, 9.17) is 11.5 Å². The molecule has 0 spiro atoms. The fourth-order valence-corrected chi connectivity index (χ4v) is 5.05. The van der Waals surface area contributed by atoms with Gasteiger partial charge >= 0.3 is 12.1 Å². The number of aromatic nitrogens is 6. The van der Waals surface area contributed by atoms with Crippen LogP contribution in [0.15, 0.2) is 103 Å². The van der Waals surface area contributed by atoms with Gasteiger partial charge in [0.15, 0.2) is 11.6 Å². The number of pyridine rings is 2. The number of hydrogen-bond donors (Lipinski definition) is 7. The van der Waals surface area contributed by atoms with Crippen molar-refractivity contribution >= 4 is 62.9 Å². The molecule has 4 aromatic heterocycles. The molecule has 0 aliphatic heterocycles. The largest absolute Gasteiger partial charge is 0.465 e. The second-order valence-corrected chi connectivity index (χ2v) is 10.5. The van der Waals surface area contributed by atoms with Crippen LogP contribution in [-0.2, 0) is 0 Å². The summed E-state index contributed by atoms with van der Waals surface area (Å²) in [6.45, 7) is 2.10. The summed E-state index contributed by atoms with van der Waals surface area (Å²) in [5.74, 6) is 1.74. The van der Waals surface area contributed by atoms with Gasteiger partial charge in [-0.15, -0.1) is 0 Å². The predicted molar refractivity (Wildman–Crippen MR) is 188 cm³/mol.